The third kappa shape index (κ3) is 4.02. The van der Waals surface area contributed by atoms with Gasteiger partial charge in [-0.05, 0) is 24.0 Å². The molecule has 0 aliphatic rings. The van der Waals surface area contributed by atoms with Gasteiger partial charge in [0.2, 0.25) is 0 Å². The van der Waals surface area contributed by atoms with E-state index < -0.39 is 17.9 Å². The maximum absolute atomic E-state index is 13.2. The summed E-state index contributed by atoms with van der Waals surface area (Å²) in [5.41, 5.74) is -1.07. The molecule has 0 atom stereocenters. The fourth-order valence-electron chi connectivity index (χ4n) is 2.80. The van der Waals surface area contributed by atoms with E-state index in [9.17, 15) is 23.2 Å². The summed E-state index contributed by atoms with van der Waals surface area (Å²) in [5.74, 6) is 1.20. The number of hydrogen-bond donors (Lipinski definition) is 2. The van der Waals surface area contributed by atoms with E-state index in [2.05, 4.69) is 25.6 Å². The second kappa shape index (κ2) is 8.19. The van der Waals surface area contributed by atoms with E-state index in [1.165, 1.54) is 23.4 Å². The number of alkyl halides is 3. The van der Waals surface area contributed by atoms with Gasteiger partial charge in [-0.25, -0.2) is 19.7 Å². The lowest BCUT2D eigenvalue weighted by atomic mass is 10.2. The first-order chi connectivity index (χ1) is 14.2. The molecular formula is C18H16F3N7OS. The zero-order valence-corrected chi connectivity index (χ0v) is 16.9. The van der Waals surface area contributed by atoms with Gasteiger partial charge in [-0.15, -0.1) is 11.8 Å². The third-order valence-corrected chi connectivity index (χ3v) is 5.02. The van der Waals surface area contributed by atoms with Crippen LogP contribution in [0.15, 0.2) is 23.1 Å². The molecule has 0 radical (unpaired) electrons. The largest absolute Gasteiger partial charge is 0.433 e. The molecule has 0 unspecified atom stereocenters. The zero-order chi connectivity index (χ0) is 22.1. The van der Waals surface area contributed by atoms with Crippen LogP contribution < -0.4 is 10.6 Å². The number of aromatic nitrogens is 4. The van der Waals surface area contributed by atoms with Crippen molar-refractivity contribution in [3.63, 3.8) is 0 Å². The van der Waals surface area contributed by atoms with Gasteiger partial charge in [0.25, 0.3) is 0 Å². The molecule has 0 saturated heterocycles. The van der Waals surface area contributed by atoms with Crippen LogP contribution in [-0.2, 0) is 13.2 Å². The number of halogens is 3. The van der Waals surface area contributed by atoms with Gasteiger partial charge in [0.1, 0.15) is 28.8 Å². The van der Waals surface area contributed by atoms with Crippen molar-refractivity contribution >= 4 is 34.6 Å². The first-order valence-corrected chi connectivity index (χ1v) is 9.65. The van der Waals surface area contributed by atoms with Gasteiger partial charge in [-0.2, -0.15) is 18.4 Å². The standard InChI is InChI=1S/C18H16F3N7OS/c1-4-30-11-5-6-13(27-17(29)23-2)26-14(11)16-25-9-7-12(18(19,20)21)24-10(8-22)15(9)28(16)3/h5-7H,4H2,1-3H3,(H2,23,26,27,29). The predicted molar refractivity (Wildman–Crippen MR) is 106 cm³/mol. The Morgan fingerprint density at radius 2 is 2.03 bits per heavy atom. The van der Waals surface area contributed by atoms with E-state index in [0.717, 1.165) is 11.0 Å². The van der Waals surface area contributed by atoms with E-state index in [4.69, 9.17) is 0 Å². The highest BCUT2D eigenvalue weighted by atomic mass is 32.2. The number of aryl methyl sites for hydroxylation is 1. The summed E-state index contributed by atoms with van der Waals surface area (Å²) in [4.78, 5) is 24.5. The minimum atomic E-state index is -4.71. The van der Waals surface area contributed by atoms with Crippen LogP contribution in [0.2, 0.25) is 0 Å². The van der Waals surface area contributed by atoms with Crippen molar-refractivity contribution in [2.45, 2.75) is 18.0 Å². The lowest BCUT2D eigenvalue weighted by Gasteiger charge is -2.11. The number of imidazole rings is 1. The minimum absolute atomic E-state index is 0.0229. The number of urea groups is 1. The molecule has 0 aliphatic heterocycles. The third-order valence-electron chi connectivity index (χ3n) is 4.09. The molecule has 12 heteroatoms. The number of hydrogen-bond acceptors (Lipinski definition) is 6. The number of nitriles is 1. The average Bonchev–Trinajstić information content (AvgIpc) is 3.04. The van der Waals surface area contributed by atoms with E-state index in [1.54, 1.807) is 25.2 Å². The molecule has 0 saturated carbocycles. The Bertz CT molecular complexity index is 1170. The number of pyridine rings is 2. The van der Waals surface area contributed by atoms with Gasteiger partial charge in [0, 0.05) is 19.0 Å². The Morgan fingerprint density at radius 1 is 1.30 bits per heavy atom. The number of nitrogens with one attached hydrogen (secondary N) is 2. The summed E-state index contributed by atoms with van der Waals surface area (Å²) in [5, 5.41) is 14.3. The van der Waals surface area contributed by atoms with E-state index in [0.29, 0.717) is 11.4 Å². The highest BCUT2D eigenvalue weighted by molar-refractivity contribution is 7.99. The van der Waals surface area contributed by atoms with Gasteiger partial charge >= 0.3 is 12.2 Å². The number of fused-ring (bicyclic) bond motifs is 1. The first-order valence-electron chi connectivity index (χ1n) is 8.67. The molecule has 0 spiro atoms. The highest BCUT2D eigenvalue weighted by Gasteiger charge is 2.34. The first kappa shape index (κ1) is 21.4. The van der Waals surface area contributed by atoms with Gasteiger partial charge in [-0.3, -0.25) is 5.32 Å². The average molecular weight is 435 g/mol. The summed E-state index contributed by atoms with van der Waals surface area (Å²) in [6.45, 7) is 1.94. The van der Waals surface area contributed by atoms with Crippen LogP contribution in [0.25, 0.3) is 22.6 Å². The lowest BCUT2D eigenvalue weighted by molar-refractivity contribution is -0.141. The normalized spacial score (nSPS) is 11.4. The lowest BCUT2D eigenvalue weighted by Crippen LogP contribution is -2.25. The quantitative estimate of drug-likeness (QED) is 0.604. The number of amides is 2. The van der Waals surface area contributed by atoms with Gasteiger partial charge < -0.3 is 9.88 Å². The van der Waals surface area contributed by atoms with Crippen LogP contribution in [-0.4, -0.2) is 38.4 Å². The summed E-state index contributed by atoms with van der Waals surface area (Å²) >= 11 is 1.46. The Kier molecular flexibility index (Phi) is 5.84. The molecule has 2 N–H and O–H groups in total. The molecular weight excluding hydrogens is 419 g/mol. The number of thioether (sulfide) groups is 1. The van der Waals surface area contributed by atoms with E-state index in [-0.39, 0.29) is 28.4 Å². The minimum Gasteiger partial charge on any atom is -0.341 e. The summed E-state index contributed by atoms with van der Waals surface area (Å²) in [6.07, 6.45) is -4.71. The van der Waals surface area contributed by atoms with Crippen LogP contribution in [0.5, 0.6) is 0 Å². The number of anilines is 1. The smallest absolute Gasteiger partial charge is 0.341 e. The van der Waals surface area contributed by atoms with Crippen molar-refractivity contribution in [2.24, 2.45) is 7.05 Å². The highest BCUT2D eigenvalue weighted by Crippen LogP contribution is 2.35. The van der Waals surface area contributed by atoms with E-state index in [1.807, 2.05) is 6.92 Å². The van der Waals surface area contributed by atoms with Crippen LogP contribution in [0.4, 0.5) is 23.8 Å². The predicted octanol–water partition coefficient (Wildman–Crippen LogP) is 3.78. The molecule has 3 heterocycles. The van der Waals surface area contributed by atoms with Crippen molar-refractivity contribution in [1.29, 1.82) is 5.26 Å². The monoisotopic (exact) mass is 435 g/mol. The summed E-state index contributed by atoms with van der Waals surface area (Å²) < 4.78 is 41.0. The Balaban J connectivity index is 2.25. The molecule has 156 valence electrons. The molecule has 0 bridgehead atoms. The zero-order valence-electron chi connectivity index (χ0n) is 16.1. The molecule has 0 fully saturated rings. The van der Waals surface area contributed by atoms with Gasteiger partial charge in [0.15, 0.2) is 11.5 Å². The van der Waals surface area contributed by atoms with Gasteiger partial charge in [0.05, 0.1) is 5.52 Å². The maximum Gasteiger partial charge on any atom is 0.433 e. The number of carbonyl (C=O) groups excluding carboxylic acids is 1. The number of rotatable bonds is 4. The maximum atomic E-state index is 13.2. The number of nitrogens with zero attached hydrogens (tertiary/aromatic N) is 5. The fraction of sp³-hybridized carbons (Fsp3) is 0.278. The molecule has 30 heavy (non-hydrogen) atoms. The molecule has 3 aromatic rings. The van der Waals surface area contributed by atoms with E-state index >= 15 is 0 Å². The summed E-state index contributed by atoms with van der Waals surface area (Å²) in [7, 11) is 3.03. The number of carbonyl (C=O) groups is 1. The van der Waals surface area contributed by atoms with Crippen LogP contribution >= 0.6 is 11.8 Å². The second-order valence-corrected chi connectivity index (χ2v) is 7.31. The van der Waals surface area contributed by atoms with Crippen molar-refractivity contribution < 1.29 is 18.0 Å². The molecule has 8 nitrogen and oxygen atoms in total. The van der Waals surface area contributed by atoms with Crippen LogP contribution in [0, 0.1) is 11.3 Å². The Morgan fingerprint density at radius 3 is 2.63 bits per heavy atom. The Hall–Kier alpha value is -3.33. The summed E-state index contributed by atoms with van der Waals surface area (Å²) in [6, 6.07) is 5.40. The topological polar surface area (TPSA) is 109 Å². The fourth-order valence-corrected chi connectivity index (χ4v) is 3.55. The molecule has 0 aromatic carbocycles. The molecule has 3 rings (SSSR count). The van der Waals surface area contributed by atoms with Crippen molar-refractivity contribution in [2.75, 3.05) is 18.1 Å². The van der Waals surface area contributed by atoms with Crippen molar-refractivity contribution in [1.82, 2.24) is 24.8 Å². The van der Waals surface area contributed by atoms with Crippen molar-refractivity contribution in [3.8, 4) is 17.6 Å². The SMILES string of the molecule is CCSc1ccc(NC(=O)NC)nc1-c1nc2cc(C(F)(F)F)nc(C#N)c2n1C. The van der Waals surface area contributed by atoms with Crippen molar-refractivity contribution in [3.05, 3.63) is 29.6 Å². The Labute approximate surface area is 173 Å². The molecule has 3 aromatic heterocycles. The molecule has 0 aliphatic carbocycles. The second-order valence-electron chi connectivity index (χ2n) is 6.01. The van der Waals surface area contributed by atoms with Crippen LogP contribution in [0.1, 0.15) is 18.3 Å². The molecule has 2 amide bonds. The van der Waals surface area contributed by atoms with Gasteiger partial charge in [-0.1, -0.05) is 6.92 Å². The van der Waals surface area contributed by atoms with Crippen LogP contribution in [0.3, 0.4) is 0 Å².